The van der Waals surface area contributed by atoms with Gasteiger partial charge in [-0.3, -0.25) is 19.3 Å². The molecule has 4 atom stereocenters. The van der Waals surface area contributed by atoms with Crippen molar-refractivity contribution in [2.24, 2.45) is 23.7 Å². The topological polar surface area (TPSA) is 66.5 Å². The van der Waals surface area contributed by atoms with Crippen LogP contribution in [0.2, 0.25) is 0 Å². The summed E-state index contributed by atoms with van der Waals surface area (Å²) in [5.41, 5.74) is 1.24. The van der Waals surface area contributed by atoms with E-state index in [1.807, 2.05) is 0 Å². The van der Waals surface area contributed by atoms with E-state index in [1.165, 1.54) is 11.8 Å². The first-order valence-electron chi connectivity index (χ1n) is 8.00. The Hall–Kier alpha value is -2.43. The van der Waals surface area contributed by atoms with E-state index in [4.69, 9.17) is 0 Å². The summed E-state index contributed by atoms with van der Waals surface area (Å²) in [5.74, 6) is -0.296. The molecule has 2 fully saturated rings. The van der Waals surface area contributed by atoms with Crippen LogP contribution in [0.5, 0.6) is 0 Å². The van der Waals surface area contributed by atoms with E-state index in [0.717, 1.165) is 12.8 Å². The Morgan fingerprint density at radius 3 is 1.96 bits per heavy atom. The summed E-state index contributed by atoms with van der Waals surface area (Å²) >= 11 is 0. The van der Waals surface area contributed by atoms with Crippen molar-refractivity contribution < 1.29 is 14.4 Å². The average molecular weight is 310 g/mol. The summed E-state index contributed by atoms with van der Waals surface area (Å²) < 4.78 is 0. The monoisotopic (exact) mass is 310 g/mol. The molecule has 3 aliphatic carbocycles. The number of allylic oxidation sites excluding steroid dienone is 2. The summed E-state index contributed by atoms with van der Waals surface area (Å²) in [6.45, 7) is 1.44. The summed E-state index contributed by atoms with van der Waals surface area (Å²) in [6, 6.07) is 6.86. The van der Waals surface area contributed by atoms with Crippen LogP contribution in [0.4, 0.5) is 11.4 Å². The predicted octanol–water partition coefficient (Wildman–Crippen LogP) is 2.35. The zero-order valence-corrected chi connectivity index (χ0v) is 12.9. The van der Waals surface area contributed by atoms with Crippen LogP contribution < -0.4 is 10.2 Å². The smallest absolute Gasteiger partial charge is 0.238 e. The Balaban J connectivity index is 1.64. The number of nitrogens with zero attached hydrogens (tertiary/aromatic N) is 1. The van der Waals surface area contributed by atoms with E-state index in [9.17, 15) is 14.4 Å². The van der Waals surface area contributed by atoms with Gasteiger partial charge in [0.15, 0.2) is 0 Å². The molecule has 23 heavy (non-hydrogen) atoms. The first kappa shape index (κ1) is 14.2. The lowest BCUT2D eigenvalue weighted by Gasteiger charge is -2.38. The third-order valence-electron chi connectivity index (χ3n) is 5.21. The lowest BCUT2D eigenvalue weighted by Crippen LogP contribution is -2.38. The van der Waals surface area contributed by atoms with Crippen molar-refractivity contribution in [3.05, 3.63) is 36.4 Å². The third-order valence-corrected chi connectivity index (χ3v) is 5.21. The highest BCUT2D eigenvalue weighted by atomic mass is 16.2. The number of nitrogens with one attached hydrogen (secondary N) is 1. The number of carbonyl (C=O) groups is 3. The number of hydrogen-bond acceptors (Lipinski definition) is 3. The van der Waals surface area contributed by atoms with E-state index in [-0.39, 0.29) is 41.4 Å². The Morgan fingerprint density at radius 2 is 1.52 bits per heavy atom. The van der Waals surface area contributed by atoms with E-state index >= 15 is 0 Å². The van der Waals surface area contributed by atoms with Crippen LogP contribution in [0, 0.1) is 23.7 Å². The van der Waals surface area contributed by atoms with Crippen LogP contribution in [-0.2, 0) is 14.4 Å². The van der Waals surface area contributed by atoms with Crippen LogP contribution in [-0.4, -0.2) is 17.7 Å². The summed E-state index contributed by atoms with van der Waals surface area (Å²) in [5, 5.41) is 2.68. The highest BCUT2D eigenvalue weighted by molar-refractivity contribution is 6.22. The largest absolute Gasteiger partial charge is 0.326 e. The van der Waals surface area contributed by atoms with Crippen LogP contribution in [0.3, 0.4) is 0 Å². The maximum atomic E-state index is 12.8. The molecule has 5 heteroatoms. The molecule has 5 nitrogen and oxygen atoms in total. The van der Waals surface area contributed by atoms with Gasteiger partial charge >= 0.3 is 0 Å². The van der Waals surface area contributed by atoms with Crippen molar-refractivity contribution in [1.82, 2.24) is 0 Å². The van der Waals surface area contributed by atoms with Crippen molar-refractivity contribution >= 4 is 29.1 Å². The lowest BCUT2D eigenvalue weighted by atomic mass is 9.63. The van der Waals surface area contributed by atoms with Crippen LogP contribution in [0.1, 0.15) is 19.8 Å². The quantitative estimate of drug-likeness (QED) is 0.673. The second-order valence-corrected chi connectivity index (χ2v) is 6.58. The number of anilines is 2. The van der Waals surface area contributed by atoms with E-state index in [2.05, 4.69) is 17.5 Å². The minimum atomic E-state index is -0.193. The molecule has 0 spiro atoms. The average Bonchev–Trinajstić information content (AvgIpc) is 2.83. The molecule has 1 aromatic rings. The molecular weight excluding hydrogens is 292 g/mol. The normalized spacial score (nSPS) is 31.4. The third kappa shape index (κ3) is 2.11. The fourth-order valence-electron chi connectivity index (χ4n) is 4.23. The van der Waals surface area contributed by atoms with Crippen molar-refractivity contribution in [2.45, 2.75) is 19.8 Å². The molecule has 118 valence electrons. The van der Waals surface area contributed by atoms with Gasteiger partial charge in [0.05, 0.1) is 17.5 Å². The maximum Gasteiger partial charge on any atom is 0.238 e. The first-order chi connectivity index (χ1) is 11.1. The number of fused-ring (bicyclic) bond motifs is 1. The Kier molecular flexibility index (Phi) is 3.11. The van der Waals surface area contributed by atoms with Crippen LogP contribution in [0.25, 0.3) is 0 Å². The number of benzene rings is 1. The first-order valence-corrected chi connectivity index (χ1v) is 8.00. The van der Waals surface area contributed by atoms with E-state index < -0.39 is 0 Å². The van der Waals surface area contributed by atoms with Crippen LogP contribution in [0.15, 0.2) is 36.4 Å². The van der Waals surface area contributed by atoms with Crippen molar-refractivity contribution in [3.63, 3.8) is 0 Å². The highest BCUT2D eigenvalue weighted by Crippen LogP contribution is 2.50. The molecular formula is C18H18N2O3. The van der Waals surface area contributed by atoms with Crippen LogP contribution >= 0.6 is 0 Å². The molecule has 1 saturated carbocycles. The highest BCUT2D eigenvalue weighted by Gasteiger charge is 2.56. The molecule has 3 amide bonds. The molecule has 1 heterocycles. The fourth-order valence-corrected chi connectivity index (χ4v) is 4.23. The lowest BCUT2D eigenvalue weighted by molar-refractivity contribution is -0.124. The van der Waals surface area contributed by atoms with Gasteiger partial charge in [0.1, 0.15) is 0 Å². The molecule has 0 unspecified atom stereocenters. The predicted molar refractivity (Wildman–Crippen MR) is 85.6 cm³/mol. The zero-order valence-electron chi connectivity index (χ0n) is 12.9. The van der Waals surface area contributed by atoms with E-state index in [0.29, 0.717) is 11.4 Å². The number of hydrogen-bond donors (Lipinski definition) is 1. The van der Waals surface area contributed by atoms with Crippen molar-refractivity contribution in [2.75, 3.05) is 10.2 Å². The van der Waals surface area contributed by atoms with Gasteiger partial charge in [-0.05, 0) is 48.9 Å². The number of imide groups is 1. The minimum absolute atomic E-state index is 0.0775. The van der Waals surface area contributed by atoms with Gasteiger partial charge in [-0.2, -0.15) is 0 Å². The SMILES string of the molecule is CC(=O)Nc1ccc(N2C(=O)[C@@H]3[C@H](C2=O)[C@@H]2C=C[C@H]3CC2)cc1. The standard InChI is InChI=1S/C18H18N2O3/c1-10(21)19-13-6-8-14(9-7-13)20-17(22)15-11-2-3-12(5-4-11)16(15)18(20)23/h2-3,6-9,11-12,15-16H,4-5H2,1H3,(H,19,21)/t11-,12+,15-,16+. The van der Waals surface area contributed by atoms with Gasteiger partial charge in [-0.1, -0.05) is 12.2 Å². The summed E-state index contributed by atoms with van der Waals surface area (Å²) in [4.78, 5) is 38.0. The van der Waals surface area contributed by atoms with Gasteiger partial charge in [0, 0.05) is 12.6 Å². The maximum absolute atomic E-state index is 12.8. The van der Waals surface area contributed by atoms with Gasteiger partial charge in [-0.25, -0.2) is 0 Å². The molecule has 1 aromatic carbocycles. The van der Waals surface area contributed by atoms with Gasteiger partial charge in [-0.15, -0.1) is 0 Å². The summed E-state index contributed by atoms with van der Waals surface area (Å²) in [7, 11) is 0. The van der Waals surface area contributed by atoms with Crippen molar-refractivity contribution in [3.8, 4) is 0 Å². The second-order valence-electron chi connectivity index (χ2n) is 6.58. The van der Waals surface area contributed by atoms with E-state index in [1.54, 1.807) is 24.3 Å². The Bertz CT molecular complexity index is 690. The fraction of sp³-hybridized carbons (Fsp3) is 0.389. The second kappa shape index (κ2) is 5.05. The number of carbonyl (C=O) groups excluding carboxylic acids is 3. The van der Waals surface area contributed by atoms with Gasteiger partial charge < -0.3 is 5.32 Å². The molecule has 2 bridgehead atoms. The summed E-state index contributed by atoms with van der Waals surface area (Å²) in [6.07, 6.45) is 6.22. The molecule has 0 aromatic heterocycles. The van der Waals surface area contributed by atoms with Crippen molar-refractivity contribution in [1.29, 1.82) is 0 Å². The molecule has 0 radical (unpaired) electrons. The molecule has 5 rings (SSSR count). The Labute approximate surface area is 134 Å². The zero-order chi connectivity index (χ0) is 16.1. The molecule has 4 aliphatic rings. The minimum Gasteiger partial charge on any atom is -0.326 e. The Morgan fingerprint density at radius 1 is 1.00 bits per heavy atom. The van der Waals surface area contributed by atoms with Gasteiger partial charge in [0.25, 0.3) is 0 Å². The number of rotatable bonds is 2. The molecule has 1 aliphatic heterocycles. The number of amides is 3. The molecule has 1 saturated heterocycles. The molecule has 1 N–H and O–H groups in total. The van der Waals surface area contributed by atoms with Gasteiger partial charge in [0.2, 0.25) is 17.7 Å².